The molecule has 2 aromatic carbocycles. The average Bonchev–Trinajstić information content (AvgIpc) is 3.54. The van der Waals surface area contributed by atoms with Gasteiger partial charge in [0.1, 0.15) is 5.76 Å². The summed E-state index contributed by atoms with van der Waals surface area (Å²) >= 11 is 0. The van der Waals surface area contributed by atoms with Crippen LogP contribution in [0.4, 0.5) is 11.4 Å². The summed E-state index contributed by atoms with van der Waals surface area (Å²) in [6, 6.07) is 18.6. The van der Waals surface area contributed by atoms with Crippen LogP contribution in [0.3, 0.4) is 0 Å². The molecule has 2 N–H and O–H groups in total. The normalized spacial score (nSPS) is 17.3. The van der Waals surface area contributed by atoms with Gasteiger partial charge in [0.15, 0.2) is 0 Å². The van der Waals surface area contributed by atoms with Gasteiger partial charge in [-0.2, -0.15) is 0 Å². The molecule has 1 aliphatic carbocycles. The summed E-state index contributed by atoms with van der Waals surface area (Å²) in [5.41, 5.74) is 2.95. The Labute approximate surface area is 210 Å². The first-order chi connectivity index (χ1) is 17.5. The minimum atomic E-state index is -0.282. The highest BCUT2D eigenvalue weighted by atomic mass is 16.3. The van der Waals surface area contributed by atoms with E-state index in [4.69, 9.17) is 4.42 Å². The number of fused-ring (bicyclic) bond motifs is 1. The van der Waals surface area contributed by atoms with E-state index in [1.165, 1.54) is 0 Å². The molecular formula is C28H30N4O4. The number of benzene rings is 2. The minimum Gasteiger partial charge on any atom is -0.468 e. The van der Waals surface area contributed by atoms with Crippen molar-refractivity contribution in [3.8, 4) is 0 Å². The van der Waals surface area contributed by atoms with Gasteiger partial charge in [0.25, 0.3) is 5.91 Å². The molecule has 1 saturated carbocycles. The minimum absolute atomic E-state index is 0.0522. The van der Waals surface area contributed by atoms with E-state index in [-0.39, 0.29) is 36.7 Å². The molecule has 36 heavy (non-hydrogen) atoms. The second kappa shape index (κ2) is 10.4. The quantitative estimate of drug-likeness (QED) is 0.503. The van der Waals surface area contributed by atoms with Crippen LogP contribution < -0.4 is 15.5 Å². The molecule has 5 rings (SSSR count). The zero-order valence-electron chi connectivity index (χ0n) is 20.3. The molecular weight excluding hydrogens is 456 g/mol. The molecule has 186 valence electrons. The van der Waals surface area contributed by atoms with Gasteiger partial charge in [-0.05, 0) is 61.7 Å². The number of para-hydroxylation sites is 2. The fraction of sp³-hybridized carbons (Fsp3) is 0.321. The molecule has 1 fully saturated rings. The lowest BCUT2D eigenvalue weighted by Crippen LogP contribution is -2.44. The molecule has 0 saturated heterocycles. The number of carbonyl (C=O) groups excluding carboxylic acids is 3. The molecule has 1 aliphatic heterocycles. The second-order valence-electron chi connectivity index (χ2n) is 9.55. The Morgan fingerprint density at radius 1 is 1.06 bits per heavy atom. The third kappa shape index (κ3) is 5.66. The Balaban J connectivity index is 1.34. The predicted octanol–water partition coefficient (Wildman–Crippen LogP) is 3.94. The highest BCUT2D eigenvalue weighted by Gasteiger charge is 2.30. The van der Waals surface area contributed by atoms with Crippen LogP contribution in [0, 0.1) is 0 Å². The zero-order chi connectivity index (χ0) is 25.1. The van der Waals surface area contributed by atoms with Crippen molar-refractivity contribution < 1.29 is 18.8 Å². The first-order valence-corrected chi connectivity index (χ1v) is 12.3. The number of hydrogen-bond acceptors (Lipinski definition) is 5. The van der Waals surface area contributed by atoms with E-state index < -0.39 is 0 Å². The Morgan fingerprint density at radius 3 is 2.56 bits per heavy atom. The number of carbonyl (C=O) groups is 3. The maximum atomic E-state index is 13.7. The molecule has 3 amide bonds. The molecule has 2 heterocycles. The number of nitrogens with zero attached hydrogens (tertiary/aromatic N) is 2. The molecule has 8 nitrogen and oxygen atoms in total. The molecule has 3 aromatic rings. The van der Waals surface area contributed by atoms with Crippen molar-refractivity contribution in [2.45, 2.75) is 51.4 Å². The van der Waals surface area contributed by atoms with Crippen molar-refractivity contribution in [1.82, 2.24) is 10.2 Å². The Bertz CT molecular complexity index is 1230. The highest BCUT2D eigenvalue weighted by molar-refractivity contribution is 6.05. The van der Waals surface area contributed by atoms with E-state index in [0.29, 0.717) is 36.1 Å². The maximum Gasteiger partial charge on any atom is 0.251 e. The van der Waals surface area contributed by atoms with E-state index in [9.17, 15) is 14.4 Å². The van der Waals surface area contributed by atoms with Crippen LogP contribution >= 0.6 is 0 Å². The summed E-state index contributed by atoms with van der Waals surface area (Å²) in [4.78, 5) is 42.1. The van der Waals surface area contributed by atoms with Crippen molar-refractivity contribution in [2.75, 3.05) is 16.8 Å². The molecule has 0 bridgehead atoms. The van der Waals surface area contributed by atoms with Crippen LogP contribution in [-0.4, -0.2) is 41.2 Å². The van der Waals surface area contributed by atoms with Gasteiger partial charge in [0.2, 0.25) is 11.8 Å². The highest BCUT2D eigenvalue weighted by Crippen LogP contribution is 2.31. The monoisotopic (exact) mass is 486 g/mol. The SMILES string of the molecule is CC1CC(=O)Nc2ccccc2N1C(=O)CN(Cc1ccc(C(=O)NC2CC2)cc1)Cc1ccco1. The van der Waals surface area contributed by atoms with Gasteiger partial charge in [-0.15, -0.1) is 0 Å². The van der Waals surface area contributed by atoms with E-state index in [1.54, 1.807) is 11.2 Å². The lowest BCUT2D eigenvalue weighted by atomic mass is 10.1. The summed E-state index contributed by atoms with van der Waals surface area (Å²) in [6.45, 7) is 2.97. The lowest BCUT2D eigenvalue weighted by Gasteiger charge is -2.30. The summed E-state index contributed by atoms with van der Waals surface area (Å²) in [6.07, 6.45) is 3.93. The maximum absolute atomic E-state index is 13.7. The first-order valence-electron chi connectivity index (χ1n) is 12.3. The van der Waals surface area contributed by atoms with Gasteiger partial charge < -0.3 is 20.0 Å². The molecule has 1 atom stereocenters. The second-order valence-corrected chi connectivity index (χ2v) is 9.55. The van der Waals surface area contributed by atoms with Crippen molar-refractivity contribution in [3.63, 3.8) is 0 Å². The topological polar surface area (TPSA) is 94.9 Å². The number of amides is 3. The smallest absolute Gasteiger partial charge is 0.251 e. The summed E-state index contributed by atoms with van der Waals surface area (Å²) in [5, 5.41) is 5.91. The first kappa shape index (κ1) is 23.8. The van der Waals surface area contributed by atoms with Gasteiger partial charge in [-0.25, -0.2) is 0 Å². The van der Waals surface area contributed by atoms with Crippen molar-refractivity contribution in [1.29, 1.82) is 0 Å². The third-order valence-electron chi connectivity index (χ3n) is 6.48. The number of anilines is 2. The molecule has 0 radical (unpaired) electrons. The summed E-state index contributed by atoms with van der Waals surface area (Å²) in [5.74, 6) is 0.495. The summed E-state index contributed by atoms with van der Waals surface area (Å²) < 4.78 is 5.56. The molecule has 1 unspecified atom stereocenters. The van der Waals surface area contributed by atoms with Crippen LogP contribution in [0.25, 0.3) is 0 Å². The number of furan rings is 1. The number of nitrogens with one attached hydrogen (secondary N) is 2. The van der Waals surface area contributed by atoms with Crippen LogP contribution in [0.2, 0.25) is 0 Å². The number of rotatable bonds is 8. The zero-order valence-corrected chi connectivity index (χ0v) is 20.3. The predicted molar refractivity (Wildman–Crippen MR) is 136 cm³/mol. The van der Waals surface area contributed by atoms with Gasteiger partial charge in [-0.1, -0.05) is 24.3 Å². The van der Waals surface area contributed by atoms with Crippen LogP contribution in [0.1, 0.15) is 47.9 Å². The standard InChI is InChI=1S/C28H30N4O4/c1-19-15-26(33)30-24-6-2-3-7-25(24)32(19)27(34)18-31(17-23-5-4-14-36-23)16-20-8-10-21(11-9-20)28(35)29-22-12-13-22/h2-11,14,19,22H,12-13,15-18H2,1H3,(H,29,35)(H,30,33). The average molecular weight is 487 g/mol. The number of hydrogen-bond donors (Lipinski definition) is 2. The van der Waals surface area contributed by atoms with Crippen LogP contribution in [0.5, 0.6) is 0 Å². The Kier molecular flexibility index (Phi) is 6.86. The fourth-order valence-corrected chi connectivity index (χ4v) is 4.54. The van der Waals surface area contributed by atoms with Gasteiger partial charge in [0.05, 0.1) is 30.7 Å². The molecule has 0 spiro atoms. The van der Waals surface area contributed by atoms with E-state index >= 15 is 0 Å². The van der Waals surface area contributed by atoms with Gasteiger partial charge >= 0.3 is 0 Å². The van der Waals surface area contributed by atoms with Crippen molar-refractivity contribution in [3.05, 3.63) is 83.8 Å². The van der Waals surface area contributed by atoms with Crippen LogP contribution in [-0.2, 0) is 22.7 Å². The Hall–Kier alpha value is -3.91. The largest absolute Gasteiger partial charge is 0.468 e. The van der Waals surface area contributed by atoms with E-state index in [1.807, 2.05) is 72.5 Å². The molecule has 2 aliphatic rings. The van der Waals surface area contributed by atoms with Crippen molar-refractivity contribution in [2.24, 2.45) is 0 Å². The van der Waals surface area contributed by atoms with Crippen molar-refractivity contribution >= 4 is 29.1 Å². The fourth-order valence-electron chi connectivity index (χ4n) is 4.54. The van der Waals surface area contributed by atoms with Gasteiger partial charge in [-0.3, -0.25) is 19.3 Å². The lowest BCUT2D eigenvalue weighted by molar-refractivity contribution is -0.120. The van der Waals surface area contributed by atoms with Crippen LogP contribution in [0.15, 0.2) is 71.3 Å². The molecule has 8 heteroatoms. The molecule has 1 aromatic heterocycles. The third-order valence-corrected chi connectivity index (χ3v) is 6.48. The van der Waals surface area contributed by atoms with E-state index in [2.05, 4.69) is 10.6 Å². The van der Waals surface area contributed by atoms with E-state index in [0.717, 1.165) is 24.2 Å². The Morgan fingerprint density at radius 2 is 1.83 bits per heavy atom. The van der Waals surface area contributed by atoms with Gasteiger partial charge in [0, 0.05) is 30.6 Å². The summed E-state index contributed by atoms with van der Waals surface area (Å²) in [7, 11) is 0.